The van der Waals surface area contributed by atoms with Crippen molar-refractivity contribution in [3.05, 3.63) is 71.7 Å². The molecule has 1 aromatic heterocycles. The number of hydrogen-bond acceptors (Lipinski definition) is 5. The normalized spacial score (nSPS) is 16.9. The van der Waals surface area contributed by atoms with Crippen molar-refractivity contribution in [2.24, 2.45) is 4.99 Å². The first-order valence-electron chi connectivity index (χ1n) is 8.09. The molecule has 1 N–H and O–H groups in total. The quantitative estimate of drug-likeness (QED) is 0.872. The largest absolute Gasteiger partial charge is 0.463 e. The van der Waals surface area contributed by atoms with Crippen LogP contribution >= 0.6 is 0 Å². The van der Waals surface area contributed by atoms with Gasteiger partial charge >= 0.3 is 5.97 Å². The van der Waals surface area contributed by atoms with E-state index >= 15 is 0 Å². The third-order valence-electron chi connectivity index (χ3n) is 3.96. The van der Waals surface area contributed by atoms with E-state index in [-0.39, 0.29) is 5.97 Å². The van der Waals surface area contributed by atoms with Crippen molar-refractivity contribution in [3.8, 4) is 0 Å². The summed E-state index contributed by atoms with van der Waals surface area (Å²) in [4.78, 5) is 17.3. The topological polar surface area (TPSA) is 68.5 Å². The number of aliphatic imine (C=N–C) groups is 1. The Balaban J connectivity index is 2.13. The van der Waals surface area contributed by atoms with Crippen LogP contribution in [-0.2, 0) is 9.53 Å². The van der Waals surface area contributed by atoms with Gasteiger partial charge in [-0.05, 0) is 31.0 Å². The lowest BCUT2D eigenvalue weighted by atomic mass is 9.92. The Kier molecular flexibility index (Phi) is 4.79. The molecule has 0 fully saturated rings. The van der Waals surface area contributed by atoms with E-state index in [1.165, 1.54) is 0 Å². The van der Waals surface area contributed by atoms with Gasteiger partial charge in [0.05, 0.1) is 12.2 Å². The molecule has 1 aliphatic heterocycles. The summed E-state index contributed by atoms with van der Waals surface area (Å²) in [5.74, 6) is 0.180. The van der Waals surface area contributed by atoms with Crippen LogP contribution in [0.25, 0.3) is 6.08 Å². The number of carbonyl (C=O) groups excluding carboxylic acids is 1. The van der Waals surface area contributed by atoms with Crippen molar-refractivity contribution in [1.82, 2.24) is 15.1 Å². The van der Waals surface area contributed by atoms with E-state index in [4.69, 9.17) is 9.73 Å². The third-order valence-corrected chi connectivity index (χ3v) is 3.96. The van der Waals surface area contributed by atoms with Crippen molar-refractivity contribution in [2.75, 3.05) is 6.61 Å². The molecule has 1 unspecified atom stereocenters. The van der Waals surface area contributed by atoms with E-state index < -0.39 is 6.04 Å². The number of nitrogens with zero attached hydrogens (tertiary/aromatic N) is 3. The van der Waals surface area contributed by atoms with E-state index in [0.717, 1.165) is 11.1 Å². The Morgan fingerprint density at radius 3 is 2.88 bits per heavy atom. The van der Waals surface area contributed by atoms with Gasteiger partial charge in [-0.1, -0.05) is 36.9 Å². The number of esters is 1. The Labute approximate surface area is 146 Å². The van der Waals surface area contributed by atoms with Crippen LogP contribution in [0.3, 0.4) is 0 Å². The predicted octanol–water partition coefficient (Wildman–Crippen LogP) is 2.91. The van der Waals surface area contributed by atoms with Crippen molar-refractivity contribution >= 4 is 18.0 Å². The molecule has 0 saturated heterocycles. The lowest BCUT2D eigenvalue weighted by Gasteiger charge is -2.26. The zero-order valence-corrected chi connectivity index (χ0v) is 14.3. The summed E-state index contributed by atoms with van der Waals surface area (Å²) in [6.07, 6.45) is 5.24. The van der Waals surface area contributed by atoms with Gasteiger partial charge in [-0.2, -0.15) is 5.10 Å². The molecule has 2 heterocycles. The maximum atomic E-state index is 12.5. The van der Waals surface area contributed by atoms with Crippen LogP contribution in [0.2, 0.25) is 0 Å². The van der Waals surface area contributed by atoms with Gasteiger partial charge in [0, 0.05) is 18.1 Å². The van der Waals surface area contributed by atoms with E-state index in [0.29, 0.717) is 23.8 Å². The number of ether oxygens (including phenoxy) is 1. The van der Waals surface area contributed by atoms with Crippen LogP contribution in [0.4, 0.5) is 0 Å². The fraction of sp³-hybridized carbons (Fsp3) is 0.211. The van der Waals surface area contributed by atoms with E-state index in [1.54, 1.807) is 30.1 Å². The van der Waals surface area contributed by atoms with Crippen molar-refractivity contribution < 1.29 is 9.53 Å². The molecule has 0 bridgehead atoms. The molecule has 1 atom stereocenters. The average Bonchev–Trinajstić information content (AvgIpc) is 3.15. The second-order valence-corrected chi connectivity index (χ2v) is 5.52. The van der Waals surface area contributed by atoms with Crippen molar-refractivity contribution in [2.45, 2.75) is 19.9 Å². The summed E-state index contributed by atoms with van der Waals surface area (Å²) < 4.78 is 6.88. The Bertz CT molecular complexity index is 850. The Hall–Kier alpha value is -3.15. The van der Waals surface area contributed by atoms with Crippen molar-refractivity contribution in [1.29, 1.82) is 0 Å². The van der Waals surface area contributed by atoms with Crippen molar-refractivity contribution in [3.63, 3.8) is 0 Å². The maximum Gasteiger partial charge on any atom is 0.338 e. The zero-order valence-electron chi connectivity index (χ0n) is 14.3. The molecule has 2 aromatic rings. The van der Waals surface area contributed by atoms with Crippen LogP contribution < -0.4 is 5.32 Å². The summed E-state index contributed by atoms with van der Waals surface area (Å²) in [5.41, 5.74) is 3.01. The van der Waals surface area contributed by atoms with E-state index in [1.807, 2.05) is 37.3 Å². The highest BCUT2D eigenvalue weighted by Gasteiger charge is 2.31. The number of aromatic nitrogens is 2. The minimum absolute atomic E-state index is 0.307. The third kappa shape index (κ3) is 3.24. The molecular weight excluding hydrogens is 316 g/mol. The molecule has 1 aliphatic rings. The molecule has 0 radical (unpaired) electrons. The summed E-state index contributed by atoms with van der Waals surface area (Å²) >= 11 is 0. The molecule has 128 valence electrons. The molecule has 0 aliphatic carbocycles. The summed E-state index contributed by atoms with van der Waals surface area (Å²) in [6, 6.07) is 9.08. The summed E-state index contributed by atoms with van der Waals surface area (Å²) in [5, 5.41) is 7.36. The van der Waals surface area contributed by atoms with Gasteiger partial charge in [0.2, 0.25) is 5.96 Å². The van der Waals surface area contributed by atoms with E-state index in [2.05, 4.69) is 17.0 Å². The van der Waals surface area contributed by atoms with Gasteiger partial charge in [0.1, 0.15) is 6.04 Å². The van der Waals surface area contributed by atoms with Crippen LogP contribution in [0, 0.1) is 0 Å². The molecule has 0 amide bonds. The molecule has 3 rings (SSSR count). The van der Waals surface area contributed by atoms with Crippen LogP contribution in [0.5, 0.6) is 0 Å². The smallest absolute Gasteiger partial charge is 0.338 e. The highest BCUT2D eigenvalue weighted by Crippen LogP contribution is 2.33. The standard InChI is InChI=1S/C19H20N4O2/c1-4-14-9-6-7-10-15(14)17-16(18(24)25-5-2)13(3)21-19(22-17)23-12-8-11-20-23/h4,6-12,17H,1,5H2,2-3H3,(H,21,22). The van der Waals surface area contributed by atoms with Gasteiger partial charge in [-0.3, -0.25) is 0 Å². The molecule has 0 spiro atoms. The number of rotatable bonds is 4. The zero-order chi connectivity index (χ0) is 17.8. The lowest BCUT2D eigenvalue weighted by molar-refractivity contribution is -0.138. The van der Waals surface area contributed by atoms with Crippen LogP contribution in [-0.4, -0.2) is 28.3 Å². The lowest BCUT2D eigenvalue weighted by Crippen LogP contribution is -2.36. The molecule has 6 nitrogen and oxygen atoms in total. The monoisotopic (exact) mass is 336 g/mol. The first kappa shape index (κ1) is 16.7. The SMILES string of the molecule is C=Cc1ccccc1C1N=C(n2cccn2)NC(C)=C1C(=O)OCC. The van der Waals surface area contributed by atoms with Gasteiger partial charge in [0.15, 0.2) is 0 Å². The second kappa shape index (κ2) is 7.17. The predicted molar refractivity (Wildman–Crippen MR) is 96.8 cm³/mol. The Morgan fingerprint density at radius 1 is 1.40 bits per heavy atom. The first-order valence-corrected chi connectivity index (χ1v) is 8.09. The highest BCUT2D eigenvalue weighted by molar-refractivity contribution is 5.95. The number of allylic oxidation sites excluding steroid dienone is 1. The fourth-order valence-corrected chi connectivity index (χ4v) is 2.81. The molecule has 6 heteroatoms. The van der Waals surface area contributed by atoms with Crippen LogP contribution in [0.1, 0.15) is 31.0 Å². The highest BCUT2D eigenvalue weighted by atomic mass is 16.5. The number of hydrogen-bond donors (Lipinski definition) is 1. The number of nitrogens with one attached hydrogen (secondary N) is 1. The second-order valence-electron chi connectivity index (χ2n) is 5.52. The van der Waals surface area contributed by atoms with Crippen LogP contribution in [0.15, 0.2) is 65.6 Å². The molecule has 1 aromatic carbocycles. The minimum Gasteiger partial charge on any atom is -0.463 e. The number of benzene rings is 1. The number of carbonyl (C=O) groups is 1. The van der Waals surface area contributed by atoms with Gasteiger partial charge < -0.3 is 10.1 Å². The summed E-state index contributed by atoms with van der Waals surface area (Å²) in [6.45, 7) is 7.80. The fourth-order valence-electron chi connectivity index (χ4n) is 2.81. The molecule has 0 saturated carbocycles. The minimum atomic E-state index is -0.492. The van der Waals surface area contributed by atoms with E-state index in [9.17, 15) is 4.79 Å². The van der Waals surface area contributed by atoms with Gasteiger partial charge in [0.25, 0.3) is 0 Å². The molecular formula is C19H20N4O2. The van der Waals surface area contributed by atoms with Gasteiger partial charge in [-0.15, -0.1) is 0 Å². The maximum absolute atomic E-state index is 12.5. The average molecular weight is 336 g/mol. The summed E-state index contributed by atoms with van der Waals surface area (Å²) in [7, 11) is 0. The molecule has 25 heavy (non-hydrogen) atoms. The van der Waals surface area contributed by atoms with Gasteiger partial charge in [-0.25, -0.2) is 14.5 Å². The first-order chi connectivity index (χ1) is 12.2. The Morgan fingerprint density at radius 2 is 2.20 bits per heavy atom.